The fourth-order valence-electron chi connectivity index (χ4n) is 1.45. The van der Waals surface area contributed by atoms with Gasteiger partial charge in [0.25, 0.3) is 0 Å². The maximum Gasteiger partial charge on any atom is 0.197 e. The number of hydrogen-bond donors (Lipinski definition) is 1. The third-order valence-corrected chi connectivity index (χ3v) is 4.43. The molecule has 92 valence electrons. The third-order valence-electron chi connectivity index (χ3n) is 2.36. The number of benzene rings is 1. The number of nitrogens with zero attached hydrogens (tertiary/aromatic N) is 3. The number of nitroso groups, excluding NO2 is 3. The Labute approximate surface area is 105 Å². The quantitative estimate of drug-likeness (QED) is 0.648. The molecule has 0 aliphatic carbocycles. The van der Waals surface area contributed by atoms with Crippen molar-refractivity contribution in [3.63, 3.8) is 0 Å². The molecule has 0 aliphatic rings. The summed E-state index contributed by atoms with van der Waals surface area (Å²) < 4.78 is 7.63. The summed E-state index contributed by atoms with van der Waals surface area (Å²) in [5.41, 5.74) is 1.36. The molecule has 0 aliphatic heterocycles. The van der Waals surface area contributed by atoms with Crippen molar-refractivity contribution >= 4 is 23.2 Å². The van der Waals surface area contributed by atoms with Crippen LogP contribution >= 0.6 is 23.2 Å². The SMILES string of the molecule is CCc1cc(S(N=O)(N=O)N=O)c(C)cc1S. The first kappa shape index (κ1) is 13.8. The van der Waals surface area contributed by atoms with Gasteiger partial charge in [-0.3, -0.25) is 0 Å². The Morgan fingerprint density at radius 2 is 1.71 bits per heavy atom. The van der Waals surface area contributed by atoms with Crippen LogP contribution < -0.4 is 0 Å². The lowest BCUT2D eigenvalue weighted by atomic mass is 10.1. The Bertz CT molecular complexity index is 457. The maximum atomic E-state index is 10.7. The summed E-state index contributed by atoms with van der Waals surface area (Å²) in [5, 5.41) is 0. The fourth-order valence-corrected chi connectivity index (χ4v) is 2.98. The van der Waals surface area contributed by atoms with Crippen molar-refractivity contribution in [3.8, 4) is 0 Å². The normalized spacial score (nSPS) is 11.9. The van der Waals surface area contributed by atoms with Crippen LogP contribution in [0.5, 0.6) is 0 Å². The molecule has 0 amide bonds. The van der Waals surface area contributed by atoms with Gasteiger partial charge >= 0.3 is 0 Å². The Balaban J connectivity index is 3.54. The molecule has 0 atom stereocenters. The minimum Gasteiger partial charge on any atom is -0.143 e. The highest BCUT2D eigenvalue weighted by atomic mass is 32.3. The highest BCUT2D eigenvalue weighted by Crippen LogP contribution is 2.60. The van der Waals surface area contributed by atoms with Crippen molar-refractivity contribution in [1.29, 1.82) is 0 Å². The van der Waals surface area contributed by atoms with Gasteiger partial charge in [-0.05, 0) is 36.6 Å². The summed E-state index contributed by atoms with van der Waals surface area (Å²) in [4.78, 5) is 33.0. The van der Waals surface area contributed by atoms with Crippen LogP contribution in [0, 0.1) is 21.6 Å². The maximum absolute atomic E-state index is 10.7. The number of thiol groups is 1. The van der Waals surface area contributed by atoms with Gasteiger partial charge in [0.05, 0.1) is 4.90 Å². The molecule has 1 aromatic rings. The van der Waals surface area contributed by atoms with Crippen LogP contribution in [0.1, 0.15) is 18.1 Å². The van der Waals surface area contributed by atoms with E-state index in [4.69, 9.17) is 0 Å². The largest absolute Gasteiger partial charge is 0.197 e. The van der Waals surface area contributed by atoms with Crippen LogP contribution in [0.25, 0.3) is 0 Å². The minimum atomic E-state index is -3.39. The molecule has 0 fully saturated rings. The van der Waals surface area contributed by atoms with Gasteiger partial charge in [0.2, 0.25) is 0 Å². The topological polar surface area (TPSA) is 88.3 Å². The predicted octanol–water partition coefficient (Wildman–Crippen LogP) is 4.05. The van der Waals surface area contributed by atoms with E-state index in [2.05, 4.69) is 26.4 Å². The molecule has 0 unspecified atom stereocenters. The molecule has 0 N–H and O–H groups in total. The highest BCUT2D eigenvalue weighted by molar-refractivity contribution is 8.30. The van der Waals surface area contributed by atoms with E-state index in [0.717, 1.165) is 10.5 Å². The Hall–Kier alpha value is -1.28. The second-order valence-corrected chi connectivity index (χ2v) is 5.75. The molecule has 0 spiro atoms. The van der Waals surface area contributed by atoms with E-state index in [1.54, 1.807) is 19.1 Å². The van der Waals surface area contributed by atoms with Gasteiger partial charge in [-0.25, -0.2) is 0 Å². The van der Waals surface area contributed by atoms with Crippen molar-refractivity contribution in [1.82, 2.24) is 0 Å². The fraction of sp³-hybridized carbons (Fsp3) is 0.333. The van der Waals surface area contributed by atoms with Crippen molar-refractivity contribution in [2.45, 2.75) is 30.1 Å². The molecule has 8 heteroatoms. The van der Waals surface area contributed by atoms with Crippen LogP contribution in [0.2, 0.25) is 0 Å². The molecule has 0 heterocycles. The molecule has 17 heavy (non-hydrogen) atoms. The number of hydrogen-bond acceptors (Lipinski definition) is 7. The van der Waals surface area contributed by atoms with Crippen molar-refractivity contribution in [2.75, 3.05) is 0 Å². The standard InChI is InChI=1S/C9H11N3O3S2/c1-3-7-5-9(6(2)4-8(7)16)17(10-13,11-14)12-15/h4-5,16H,3H2,1-2H3. The lowest BCUT2D eigenvalue weighted by Gasteiger charge is -2.18. The highest BCUT2D eigenvalue weighted by Gasteiger charge is 2.33. The predicted molar refractivity (Wildman–Crippen MR) is 71.1 cm³/mol. The smallest absolute Gasteiger partial charge is 0.143 e. The van der Waals surface area contributed by atoms with Gasteiger partial charge < -0.3 is 0 Å². The zero-order valence-corrected chi connectivity index (χ0v) is 11.0. The molecule has 6 nitrogen and oxygen atoms in total. The van der Waals surface area contributed by atoms with Crippen LogP contribution in [0.3, 0.4) is 0 Å². The van der Waals surface area contributed by atoms with Crippen molar-refractivity contribution in [2.24, 2.45) is 13.7 Å². The van der Waals surface area contributed by atoms with Gasteiger partial charge in [0, 0.05) is 18.6 Å². The van der Waals surface area contributed by atoms with Gasteiger partial charge in [0.1, 0.15) is 0 Å². The van der Waals surface area contributed by atoms with E-state index in [1.807, 2.05) is 6.92 Å². The molecule has 1 aromatic carbocycles. The van der Waals surface area contributed by atoms with Crippen LogP contribution in [-0.4, -0.2) is 0 Å². The van der Waals surface area contributed by atoms with Gasteiger partial charge in [-0.2, -0.15) is 0 Å². The summed E-state index contributed by atoms with van der Waals surface area (Å²) in [7, 11) is -3.39. The molecule has 0 bridgehead atoms. The van der Waals surface area contributed by atoms with E-state index >= 15 is 0 Å². The Kier molecular flexibility index (Phi) is 4.35. The summed E-state index contributed by atoms with van der Waals surface area (Å²) in [5.74, 6) is 0. The lowest BCUT2D eigenvalue weighted by molar-refractivity contribution is 1.05. The molecular weight excluding hydrogens is 262 g/mol. The lowest BCUT2D eigenvalue weighted by Crippen LogP contribution is -1.96. The first-order valence-electron chi connectivity index (χ1n) is 4.74. The van der Waals surface area contributed by atoms with E-state index in [-0.39, 0.29) is 4.90 Å². The van der Waals surface area contributed by atoms with Gasteiger partial charge in [-0.15, -0.1) is 27.3 Å². The number of rotatable bonds is 5. The summed E-state index contributed by atoms with van der Waals surface area (Å²) in [6, 6.07) is 3.22. The molecular formula is C9H11N3O3S2. The van der Waals surface area contributed by atoms with E-state index < -0.39 is 10.6 Å². The van der Waals surface area contributed by atoms with Crippen LogP contribution in [0.15, 0.2) is 35.7 Å². The van der Waals surface area contributed by atoms with Crippen molar-refractivity contribution < 1.29 is 0 Å². The molecule has 0 radical (unpaired) electrons. The minimum absolute atomic E-state index is 0.187. The Morgan fingerprint density at radius 1 is 1.18 bits per heavy atom. The average molecular weight is 273 g/mol. The van der Waals surface area contributed by atoms with Crippen LogP contribution in [0.4, 0.5) is 0 Å². The molecule has 1 rings (SSSR count). The number of aryl methyl sites for hydroxylation is 2. The monoisotopic (exact) mass is 273 g/mol. The summed E-state index contributed by atoms with van der Waals surface area (Å²) in [6.07, 6.45) is 0.651. The van der Waals surface area contributed by atoms with Crippen molar-refractivity contribution in [3.05, 3.63) is 38.0 Å². The molecule has 0 saturated heterocycles. The first-order valence-corrected chi connectivity index (χ1v) is 6.69. The second kappa shape index (κ2) is 5.37. The van der Waals surface area contributed by atoms with E-state index in [0.29, 0.717) is 12.0 Å². The Morgan fingerprint density at radius 3 is 2.12 bits per heavy atom. The van der Waals surface area contributed by atoms with E-state index in [1.165, 1.54) is 0 Å². The third kappa shape index (κ3) is 2.37. The van der Waals surface area contributed by atoms with Gasteiger partial charge in [0.15, 0.2) is 10.6 Å². The summed E-state index contributed by atoms with van der Waals surface area (Å²) in [6.45, 7) is 3.54. The zero-order chi connectivity index (χ0) is 13.1. The zero-order valence-electron chi connectivity index (χ0n) is 9.28. The first-order chi connectivity index (χ1) is 8.04. The van der Waals surface area contributed by atoms with Crippen LogP contribution in [-0.2, 0) is 6.42 Å². The van der Waals surface area contributed by atoms with E-state index in [9.17, 15) is 14.7 Å². The second-order valence-electron chi connectivity index (χ2n) is 3.34. The van der Waals surface area contributed by atoms with Gasteiger partial charge in [-0.1, -0.05) is 6.92 Å². The summed E-state index contributed by atoms with van der Waals surface area (Å²) >= 11 is 4.26. The molecule has 0 saturated carbocycles. The molecule has 0 aromatic heterocycles. The average Bonchev–Trinajstić information content (AvgIpc) is 2.34.